The smallest absolute Gasteiger partial charge is 0.237 e. The highest BCUT2D eigenvalue weighted by Crippen LogP contribution is 2.40. The molecule has 1 aliphatic heterocycles. The Bertz CT molecular complexity index is 559. The second-order valence-electron chi connectivity index (χ2n) is 5.25. The molecule has 1 saturated carbocycles. The first-order valence-electron chi connectivity index (χ1n) is 6.68. The number of amides is 2. The highest BCUT2D eigenvalue weighted by Gasteiger charge is 2.48. The molecule has 0 spiro atoms. The zero-order chi connectivity index (χ0) is 14.3. The predicted molar refractivity (Wildman–Crippen MR) is 73.4 cm³/mol. The zero-order valence-electron chi connectivity index (χ0n) is 10.8. The number of anilines is 1. The van der Waals surface area contributed by atoms with Gasteiger partial charge in [0.2, 0.25) is 11.8 Å². The van der Waals surface area contributed by atoms with Crippen molar-refractivity contribution in [1.82, 2.24) is 0 Å². The van der Waals surface area contributed by atoms with Crippen LogP contribution in [0.3, 0.4) is 0 Å². The maximum Gasteiger partial charge on any atom is 0.237 e. The van der Waals surface area contributed by atoms with E-state index in [0.717, 1.165) is 25.7 Å². The van der Waals surface area contributed by atoms with Gasteiger partial charge in [0.1, 0.15) is 0 Å². The summed E-state index contributed by atoms with van der Waals surface area (Å²) in [7, 11) is 0. The standard InChI is InChI=1S/C14H15NO4S/c16-13-11-3-1-2-4-12(11)14(17)15(13)9-5-7-10(8-6-9)20(18)19/h5-8,11-12H,1-4H2,(H,18,19). The van der Waals surface area contributed by atoms with Gasteiger partial charge in [0.05, 0.1) is 22.4 Å². The molecule has 0 bridgehead atoms. The van der Waals surface area contributed by atoms with Gasteiger partial charge in [-0.15, -0.1) is 0 Å². The fourth-order valence-corrected chi connectivity index (χ4v) is 3.50. The van der Waals surface area contributed by atoms with Crippen LogP contribution in [0, 0.1) is 11.8 Å². The summed E-state index contributed by atoms with van der Waals surface area (Å²) in [6, 6.07) is 6.04. The first-order chi connectivity index (χ1) is 9.59. The van der Waals surface area contributed by atoms with Crippen LogP contribution >= 0.6 is 0 Å². The third kappa shape index (κ3) is 2.09. The lowest BCUT2D eigenvalue weighted by atomic mass is 9.81. The van der Waals surface area contributed by atoms with E-state index >= 15 is 0 Å². The number of benzene rings is 1. The van der Waals surface area contributed by atoms with E-state index < -0.39 is 11.1 Å². The summed E-state index contributed by atoms with van der Waals surface area (Å²) in [6.45, 7) is 0. The molecular formula is C14H15NO4S. The Morgan fingerprint density at radius 2 is 1.50 bits per heavy atom. The van der Waals surface area contributed by atoms with Crippen molar-refractivity contribution in [1.29, 1.82) is 0 Å². The van der Waals surface area contributed by atoms with E-state index in [9.17, 15) is 13.8 Å². The van der Waals surface area contributed by atoms with Gasteiger partial charge in [0.15, 0.2) is 11.1 Å². The van der Waals surface area contributed by atoms with Crippen LogP contribution in [0.5, 0.6) is 0 Å². The van der Waals surface area contributed by atoms with Crippen molar-refractivity contribution in [3.05, 3.63) is 24.3 Å². The predicted octanol–water partition coefficient (Wildman–Crippen LogP) is 1.95. The van der Waals surface area contributed by atoms with Crippen molar-refractivity contribution in [3.8, 4) is 0 Å². The monoisotopic (exact) mass is 293 g/mol. The molecule has 1 aliphatic carbocycles. The average molecular weight is 293 g/mol. The van der Waals surface area contributed by atoms with Crippen molar-refractivity contribution in [2.24, 2.45) is 11.8 Å². The molecule has 1 saturated heterocycles. The number of fused-ring (bicyclic) bond motifs is 1. The molecule has 1 N–H and O–H groups in total. The summed E-state index contributed by atoms with van der Waals surface area (Å²) in [5.74, 6) is -0.610. The Kier molecular flexibility index (Phi) is 3.43. The van der Waals surface area contributed by atoms with Crippen LogP contribution in [0.4, 0.5) is 5.69 Å². The number of imide groups is 1. The summed E-state index contributed by atoms with van der Waals surface area (Å²) in [4.78, 5) is 26.2. The molecule has 2 fully saturated rings. The van der Waals surface area contributed by atoms with E-state index in [4.69, 9.17) is 4.55 Å². The molecule has 20 heavy (non-hydrogen) atoms. The molecule has 5 nitrogen and oxygen atoms in total. The second-order valence-corrected chi connectivity index (χ2v) is 6.22. The Hall–Kier alpha value is -1.53. The molecule has 106 valence electrons. The van der Waals surface area contributed by atoms with E-state index in [1.165, 1.54) is 17.0 Å². The Morgan fingerprint density at radius 3 is 1.95 bits per heavy atom. The molecule has 2 amide bonds. The minimum absolute atomic E-state index is 0.127. The molecule has 0 aromatic heterocycles. The summed E-state index contributed by atoms with van der Waals surface area (Å²) in [5, 5.41) is 0. The van der Waals surface area contributed by atoms with Gasteiger partial charge < -0.3 is 4.55 Å². The van der Waals surface area contributed by atoms with E-state index in [-0.39, 0.29) is 28.5 Å². The maximum atomic E-state index is 12.4. The van der Waals surface area contributed by atoms with Crippen LogP contribution < -0.4 is 4.90 Å². The molecule has 2 aliphatic rings. The van der Waals surface area contributed by atoms with Gasteiger partial charge in [-0.2, -0.15) is 0 Å². The average Bonchev–Trinajstić information content (AvgIpc) is 2.72. The quantitative estimate of drug-likeness (QED) is 0.668. The third-order valence-corrected chi connectivity index (χ3v) is 4.81. The largest absolute Gasteiger partial charge is 0.302 e. The van der Waals surface area contributed by atoms with Gasteiger partial charge in [-0.1, -0.05) is 12.8 Å². The molecule has 3 unspecified atom stereocenters. The molecule has 1 heterocycles. The number of carbonyl (C=O) groups is 2. The molecule has 1 aromatic carbocycles. The van der Waals surface area contributed by atoms with Gasteiger partial charge in [-0.05, 0) is 37.1 Å². The van der Waals surface area contributed by atoms with E-state index in [1.54, 1.807) is 12.1 Å². The summed E-state index contributed by atoms with van der Waals surface area (Å²) >= 11 is -2.05. The third-order valence-electron chi connectivity index (χ3n) is 4.14. The zero-order valence-corrected chi connectivity index (χ0v) is 11.6. The first-order valence-corrected chi connectivity index (χ1v) is 7.79. The van der Waals surface area contributed by atoms with Crippen LogP contribution in [0.25, 0.3) is 0 Å². The molecule has 6 heteroatoms. The van der Waals surface area contributed by atoms with Gasteiger partial charge >= 0.3 is 0 Å². The summed E-state index contributed by atoms with van der Waals surface area (Å²) in [6.07, 6.45) is 3.56. The van der Waals surface area contributed by atoms with Gasteiger partial charge in [0.25, 0.3) is 0 Å². The number of hydrogen-bond donors (Lipinski definition) is 1. The fraction of sp³-hybridized carbons (Fsp3) is 0.429. The van der Waals surface area contributed by atoms with Crippen molar-refractivity contribution < 1.29 is 18.4 Å². The lowest BCUT2D eigenvalue weighted by molar-refractivity contribution is -0.122. The fourth-order valence-electron chi connectivity index (χ4n) is 3.13. The minimum atomic E-state index is -2.05. The van der Waals surface area contributed by atoms with Gasteiger partial charge in [0, 0.05) is 0 Å². The topological polar surface area (TPSA) is 74.7 Å². The molecule has 3 atom stereocenters. The van der Waals surface area contributed by atoms with Crippen LogP contribution in [-0.2, 0) is 20.7 Å². The van der Waals surface area contributed by atoms with Crippen molar-refractivity contribution in [3.63, 3.8) is 0 Å². The highest BCUT2D eigenvalue weighted by atomic mass is 32.2. The second kappa shape index (κ2) is 5.10. The van der Waals surface area contributed by atoms with Crippen molar-refractivity contribution in [2.75, 3.05) is 4.90 Å². The van der Waals surface area contributed by atoms with Crippen LogP contribution in [0.1, 0.15) is 25.7 Å². The molecule has 1 aromatic rings. The van der Waals surface area contributed by atoms with Crippen LogP contribution in [0.2, 0.25) is 0 Å². The molecule has 3 rings (SSSR count). The lowest BCUT2D eigenvalue weighted by Gasteiger charge is -2.19. The Morgan fingerprint density at radius 1 is 1.00 bits per heavy atom. The minimum Gasteiger partial charge on any atom is -0.302 e. The number of nitrogens with zero attached hydrogens (tertiary/aromatic N) is 1. The molecular weight excluding hydrogens is 278 g/mol. The summed E-state index contributed by atoms with van der Waals surface area (Å²) < 4.78 is 19.9. The molecule has 0 radical (unpaired) electrons. The van der Waals surface area contributed by atoms with Crippen molar-refractivity contribution in [2.45, 2.75) is 30.6 Å². The SMILES string of the molecule is O=C1C2CCCCC2C(=O)N1c1ccc(S(=O)O)cc1. The van der Waals surface area contributed by atoms with Gasteiger partial charge in [-0.25, -0.2) is 4.21 Å². The summed E-state index contributed by atoms with van der Waals surface area (Å²) in [5.41, 5.74) is 0.489. The number of carbonyl (C=O) groups excluding carboxylic acids is 2. The first kappa shape index (κ1) is 13.5. The number of rotatable bonds is 2. The van der Waals surface area contributed by atoms with Gasteiger partial charge in [-0.3, -0.25) is 14.5 Å². The maximum absolute atomic E-state index is 12.4. The van der Waals surface area contributed by atoms with Crippen LogP contribution in [-0.4, -0.2) is 20.6 Å². The highest BCUT2D eigenvalue weighted by molar-refractivity contribution is 7.79. The lowest BCUT2D eigenvalue weighted by Crippen LogP contribution is -2.30. The van der Waals surface area contributed by atoms with Crippen LogP contribution in [0.15, 0.2) is 29.2 Å². The van der Waals surface area contributed by atoms with E-state index in [0.29, 0.717) is 5.69 Å². The van der Waals surface area contributed by atoms with Crippen molar-refractivity contribution >= 4 is 28.6 Å². The van der Waals surface area contributed by atoms with E-state index in [1.807, 2.05) is 0 Å². The Balaban J connectivity index is 1.91. The van der Waals surface area contributed by atoms with E-state index in [2.05, 4.69) is 0 Å². The number of hydrogen-bond acceptors (Lipinski definition) is 3. The normalized spacial score (nSPS) is 27.6. The Labute approximate surface area is 119 Å².